The van der Waals surface area contributed by atoms with Crippen LogP contribution in [0.3, 0.4) is 0 Å². The average Bonchev–Trinajstić information content (AvgIpc) is 3.28. The Kier molecular flexibility index (Phi) is 8.65. The number of rotatable bonds is 11. The van der Waals surface area contributed by atoms with E-state index in [0.717, 1.165) is 11.8 Å². The quantitative estimate of drug-likeness (QED) is 0.227. The number of anilines is 1. The Morgan fingerprint density at radius 3 is 2.86 bits per heavy atom. The molecular formula is C19H29N5O9PS+. The third kappa shape index (κ3) is 6.06. The molecule has 3 heterocycles. The minimum absolute atomic E-state index is 0.00818. The first-order valence-electron chi connectivity index (χ1n) is 10.6. The molecule has 194 valence electrons. The maximum atomic E-state index is 12.2. The van der Waals surface area contributed by atoms with Gasteiger partial charge in [-0.15, -0.1) is 9.05 Å². The molecule has 0 aromatic carbocycles. The molecule has 1 saturated heterocycles. The van der Waals surface area contributed by atoms with Gasteiger partial charge in [0.1, 0.15) is 31.0 Å². The van der Waals surface area contributed by atoms with Crippen LogP contribution in [0.15, 0.2) is 11.1 Å². The number of aromatic amines is 1. The predicted octanol–water partition coefficient (Wildman–Crippen LogP) is 0.334. The molecule has 2 aromatic rings. The van der Waals surface area contributed by atoms with E-state index in [-0.39, 0.29) is 47.8 Å². The number of nitrogen functional groups attached to an aromatic ring is 1. The Morgan fingerprint density at radius 1 is 1.46 bits per heavy atom. The molecule has 0 radical (unpaired) electrons. The van der Waals surface area contributed by atoms with Gasteiger partial charge in [0.15, 0.2) is 22.5 Å². The molecule has 3 unspecified atom stereocenters. The minimum Gasteiger partial charge on any atom is -0.387 e. The second kappa shape index (κ2) is 11.0. The summed E-state index contributed by atoms with van der Waals surface area (Å²) in [6.45, 7) is 4.77. The van der Waals surface area contributed by atoms with Crippen molar-refractivity contribution in [1.82, 2.24) is 19.5 Å². The maximum absolute atomic E-state index is 12.2. The second-order valence-corrected chi connectivity index (χ2v) is 10.8. The number of hydrogen-bond donors (Lipinski definition) is 4. The highest BCUT2D eigenvalue weighted by atomic mass is 32.2. The molecule has 0 saturated carbocycles. The number of methoxy groups -OCH3 is 1. The van der Waals surface area contributed by atoms with Crippen molar-refractivity contribution in [3.8, 4) is 0 Å². The zero-order valence-electron chi connectivity index (χ0n) is 19.7. The van der Waals surface area contributed by atoms with Crippen molar-refractivity contribution in [1.29, 1.82) is 0 Å². The number of carbonyl (C=O) groups excluding carboxylic acids is 1. The van der Waals surface area contributed by atoms with Gasteiger partial charge in [-0.2, -0.15) is 4.98 Å². The van der Waals surface area contributed by atoms with Gasteiger partial charge in [-0.3, -0.25) is 19.1 Å². The van der Waals surface area contributed by atoms with Gasteiger partial charge in [0.05, 0.1) is 18.3 Å². The third-order valence-corrected chi connectivity index (χ3v) is 7.31. The van der Waals surface area contributed by atoms with Crippen LogP contribution in [0.5, 0.6) is 0 Å². The van der Waals surface area contributed by atoms with Gasteiger partial charge in [0.25, 0.3) is 5.56 Å². The first-order valence-corrected chi connectivity index (χ1v) is 12.6. The smallest absolute Gasteiger partial charge is 0.387 e. The molecule has 1 aliphatic heterocycles. The lowest BCUT2D eigenvalue weighted by molar-refractivity contribution is -0.120. The van der Waals surface area contributed by atoms with Gasteiger partial charge in [0, 0.05) is 17.4 Å². The number of nitrogens with two attached hydrogens (primary N) is 1. The molecule has 0 bridgehead atoms. The Labute approximate surface area is 205 Å². The Balaban J connectivity index is 1.54. The van der Waals surface area contributed by atoms with Gasteiger partial charge in [0.2, 0.25) is 5.95 Å². The largest absolute Gasteiger partial charge is 0.697 e. The van der Waals surface area contributed by atoms with Crippen LogP contribution in [0.2, 0.25) is 0 Å². The topological polar surface area (TPSA) is 201 Å². The van der Waals surface area contributed by atoms with Crippen LogP contribution < -0.4 is 11.3 Å². The SMILES string of the molecule is COCC(C)(C)C(=O)SCCO[P+](=O)OC[C@H]1O[C@@H](n2cnc3c(=O)[nH]c(N)nc32)C(C)(O)C1O. The number of H-pyrrole nitrogens is 1. The number of hydrogen-bond acceptors (Lipinski definition) is 13. The molecule has 5 N–H and O–H groups in total. The standard InChI is InChI=1S/C19H28N5O9PS/c1-18(2,8-30-4)16(27)35-6-5-31-34(29)32-7-10-12(25)19(3,28)15(33-10)24-9-21-11-13(24)22-17(20)23-14(11)26/h9-10,12,15,25,28H,5-8H2,1-4H3,(H2-,20,22,23,26)/p+1/t10-,12?,15-,19?/m1/s1. The summed E-state index contributed by atoms with van der Waals surface area (Å²) in [5, 5.41) is 21.4. The zero-order valence-corrected chi connectivity index (χ0v) is 21.4. The van der Waals surface area contributed by atoms with Crippen LogP contribution in [-0.2, 0) is 27.9 Å². The Bertz CT molecular complexity index is 1140. The molecule has 16 heteroatoms. The van der Waals surface area contributed by atoms with E-state index in [9.17, 15) is 24.4 Å². The summed E-state index contributed by atoms with van der Waals surface area (Å²) in [6.07, 6.45) is -2.48. The van der Waals surface area contributed by atoms with E-state index >= 15 is 0 Å². The number of imidazole rings is 1. The van der Waals surface area contributed by atoms with Crippen molar-refractivity contribution in [2.45, 2.75) is 44.8 Å². The maximum Gasteiger partial charge on any atom is 0.697 e. The van der Waals surface area contributed by atoms with E-state index in [4.69, 9.17) is 24.3 Å². The van der Waals surface area contributed by atoms with Gasteiger partial charge >= 0.3 is 8.25 Å². The number of nitrogens with one attached hydrogen (secondary N) is 1. The van der Waals surface area contributed by atoms with Gasteiger partial charge < -0.3 is 25.4 Å². The summed E-state index contributed by atoms with van der Waals surface area (Å²) < 4.78 is 34.4. The molecule has 1 aliphatic rings. The van der Waals surface area contributed by atoms with Gasteiger partial charge in [-0.25, -0.2) is 4.98 Å². The minimum atomic E-state index is -2.57. The van der Waals surface area contributed by atoms with E-state index in [2.05, 4.69) is 15.0 Å². The third-order valence-electron chi connectivity index (χ3n) is 5.37. The van der Waals surface area contributed by atoms with E-state index in [0.29, 0.717) is 0 Å². The lowest BCUT2D eigenvalue weighted by Gasteiger charge is -2.27. The van der Waals surface area contributed by atoms with E-state index in [1.165, 1.54) is 24.9 Å². The van der Waals surface area contributed by atoms with Crippen molar-refractivity contribution in [3.05, 3.63) is 16.7 Å². The second-order valence-electron chi connectivity index (χ2n) is 8.78. The highest BCUT2D eigenvalue weighted by molar-refractivity contribution is 8.13. The first kappa shape index (κ1) is 27.6. The molecule has 1 fully saturated rings. The molecule has 0 aliphatic carbocycles. The number of aliphatic hydroxyl groups is 2. The lowest BCUT2D eigenvalue weighted by Crippen LogP contribution is -2.44. The van der Waals surface area contributed by atoms with Crippen molar-refractivity contribution in [2.24, 2.45) is 5.41 Å². The van der Waals surface area contributed by atoms with E-state index in [1.807, 2.05) is 0 Å². The van der Waals surface area contributed by atoms with Crippen molar-refractivity contribution in [3.63, 3.8) is 0 Å². The van der Waals surface area contributed by atoms with Crippen LogP contribution >= 0.6 is 20.0 Å². The van der Waals surface area contributed by atoms with Crippen LogP contribution in [-0.4, -0.2) is 85.3 Å². The number of nitrogens with zero attached hydrogens (tertiary/aromatic N) is 3. The number of ether oxygens (including phenoxy) is 2. The first-order chi connectivity index (χ1) is 16.4. The van der Waals surface area contributed by atoms with Crippen LogP contribution in [0.25, 0.3) is 11.2 Å². The summed E-state index contributed by atoms with van der Waals surface area (Å²) in [6, 6.07) is 0. The Hall–Kier alpha value is -1.97. The predicted molar refractivity (Wildman–Crippen MR) is 126 cm³/mol. The van der Waals surface area contributed by atoms with Crippen LogP contribution in [0.4, 0.5) is 5.95 Å². The summed E-state index contributed by atoms with van der Waals surface area (Å²) >= 11 is 1.04. The molecular weight excluding hydrogens is 505 g/mol. The molecule has 0 spiro atoms. The highest BCUT2D eigenvalue weighted by Crippen LogP contribution is 2.40. The zero-order chi connectivity index (χ0) is 26.0. The normalized spacial score (nSPS) is 25.3. The molecule has 5 atom stereocenters. The number of aromatic nitrogens is 4. The number of fused-ring (bicyclic) bond motifs is 1. The molecule has 14 nitrogen and oxygen atoms in total. The summed E-state index contributed by atoms with van der Waals surface area (Å²) in [5.74, 6) is 0.109. The number of aliphatic hydroxyl groups excluding tert-OH is 1. The van der Waals surface area contributed by atoms with E-state index in [1.54, 1.807) is 13.8 Å². The molecule has 3 rings (SSSR count). The fourth-order valence-electron chi connectivity index (χ4n) is 3.53. The fraction of sp³-hybridized carbons (Fsp3) is 0.684. The number of thioether (sulfide) groups is 1. The molecule has 2 aromatic heterocycles. The van der Waals surface area contributed by atoms with Gasteiger partial charge in [-0.1, -0.05) is 11.8 Å². The molecule has 0 amide bonds. The summed E-state index contributed by atoms with van der Waals surface area (Å²) in [4.78, 5) is 34.5. The van der Waals surface area contributed by atoms with E-state index < -0.39 is 43.3 Å². The summed E-state index contributed by atoms with van der Waals surface area (Å²) in [7, 11) is -1.06. The number of carbonyl (C=O) groups is 1. The monoisotopic (exact) mass is 534 g/mol. The summed E-state index contributed by atoms with van der Waals surface area (Å²) in [5.41, 5.74) is 2.58. The van der Waals surface area contributed by atoms with Crippen molar-refractivity contribution >= 4 is 42.2 Å². The average molecular weight is 535 g/mol. The lowest BCUT2D eigenvalue weighted by atomic mass is 9.96. The highest BCUT2D eigenvalue weighted by Gasteiger charge is 2.54. The van der Waals surface area contributed by atoms with Crippen molar-refractivity contribution in [2.75, 3.05) is 38.4 Å². The van der Waals surface area contributed by atoms with Crippen LogP contribution in [0, 0.1) is 5.41 Å². The van der Waals surface area contributed by atoms with Gasteiger partial charge in [-0.05, 0) is 20.8 Å². The Morgan fingerprint density at radius 2 is 2.17 bits per heavy atom. The van der Waals surface area contributed by atoms with Crippen molar-refractivity contribution < 1.29 is 38.1 Å². The fourth-order valence-corrected chi connectivity index (χ4v) is 5.03. The molecule has 35 heavy (non-hydrogen) atoms. The van der Waals surface area contributed by atoms with Crippen LogP contribution in [0.1, 0.15) is 27.0 Å².